The SMILES string of the molecule is CNC(c1ccc2c(c1)OCO2)C1(C#N)CC1. The second kappa shape index (κ2) is 3.64. The van der Waals surface area contributed by atoms with E-state index in [-0.39, 0.29) is 18.2 Å². The van der Waals surface area contributed by atoms with Crippen molar-refractivity contribution in [2.75, 3.05) is 13.8 Å². The highest BCUT2D eigenvalue weighted by Gasteiger charge is 2.50. The van der Waals surface area contributed by atoms with E-state index < -0.39 is 0 Å². The molecule has 4 nitrogen and oxygen atoms in total. The van der Waals surface area contributed by atoms with Gasteiger partial charge in [0.2, 0.25) is 6.79 Å². The lowest BCUT2D eigenvalue weighted by atomic mass is 9.91. The summed E-state index contributed by atoms with van der Waals surface area (Å²) in [5.74, 6) is 1.56. The van der Waals surface area contributed by atoms with Gasteiger partial charge < -0.3 is 14.8 Å². The Kier molecular flexibility index (Phi) is 2.23. The van der Waals surface area contributed by atoms with Crippen LogP contribution in [-0.2, 0) is 0 Å². The van der Waals surface area contributed by atoms with Gasteiger partial charge in [0.05, 0.1) is 17.5 Å². The van der Waals surface area contributed by atoms with E-state index in [2.05, 4.69) is 11.4 Å². The molecule has 1 aromatic carbocycles. The zero-order valence-corrected chi connectivity index (χ0v) is 9.69. The minimum absolute atomic E-state index is 0.0713. The van der Waals surface area contributed by atoms with Crippen LogP contribution in [0.3, 0.4) is 0 Å². The molecule has 0 bridgehead atoms. The van der Waals surface area contributed by atoms with Crippen LogP contribution >= 0.6 is 0 Å². The number of benzene rings is 1. The lowest BCUT2D eigenvalue weighted by Gasteiger charge is -2.21. The van der Waals surface area contributed by atoms with E-state index in [0.717, 1.165) is 29.9 Å². The van der Waals surface area contributed by atoms with Crippen molar-refractivity contribution in [2.24, 2.45) is 5.41 Å². The molecule has 1 aliphatic heterocycles. The molecule has 3 rings (SSSR count). The average molecular weight is 230 g/mol. The molecule has 1 unspecified atom stereocenters. The van der Waals surface area contributed by atoms with Gasteiger partial charge in [0, 0.05) is 0 Å². The van der Waals surface area contributed by atoms with Crippen molar-refractivity contribution >= 4 is 0 Å². The Balaban J connectivity index is 1.95. The molecular formula is C13H14N2O2. The third kappa shape index (κ3) is 1.55. The third-order valence-electron chi connectivity index (χ3n) is 3.58. The highest BCUT2D eigenvalue weighted by molar-refractivity contribution is 5.46. The summed E-state index contributed by atoms with van der Waals surface area (Å²) in [6.45, 7) is 0.284. The Morgan fingerprint density at radius 1 is 1.35 bits per heavy atom. The van der Waals surface area contributed by atoms with E-state index in [1.165, 1.54) is 0 Å². The zero-order valence-electron chi connectivity index (χ0n) is 9.69. The second-order valence-electron chi connectivity index (χ2n) is 4.60. The summed E-state index contributed by atoms with van der Waals surface area (Å²) in [6, 6.07) is 8.40. The molecule has 1 aromatic rings. The summed E-state index contributed by atoms with van der Waals surface area (Å²) in [4.78, 5) is 0. The maximum absolute atomic E-state index is 9.27. The molecule has 0 spiro atoms. The largest absolute Gasteiger partial charge is 0.454 e. The van der Waals surface area contributed by atoms with Crippen molar-refractivity contribution in [1.29, 1.82) is 5.26 Å². The maximum Gasteiger partial charge on any atom is 0.231 e. The van der Waals surface area contributed by atoms with Crippen LogP contribution in [0.2, 0.25) is 0 Å². The smallest absolute Gasteiger partial charge is 0.231 e. The fourth-order valence-corrected chi connectivity index (χ4v) is 2.45. The fraction of sp³-hybridized carbons (Fsp3) is 0.462. The molecule has 0 saturated heterocycles. The van der Waals surface area contributed by atoms with E-state index >= 15 is 0 Å². The molecule has 1 heterocycles. The van der Waals surface area contributed by atoms with Gasteiger partial charge in [0.1, 0.15) is 0 Å². The first-order valence-corrected chi connectivity index (χ1v) is 5.77. The molecule has 0 aromatic heterocycles. The summed E-state index contributed by atoms with van der Waals surface area (Å²) < 4.78 is 10.7. The molecule has 1 fully saturated rings. The van der Waals surface area contributed by atoms with E-state index in [1.807, 2.05) is 25.2 Å². The van der Waals surface area contributed by atoms with Gasteiger partial charge in [-0.15, -0.1) is 0 Å². The van der Waals surface area contributed by atoms with Crippen molar-refractivity contribution in [3.63, 3.8) is 0 Å². The molecular weight excluding hydrogens is 216 g/mol. The molecule has 1 atom stereocenters. The Morgan fingerprint density at radius 2 is 2.12 bits per heavy atom. The maximum atomic E-state index is 9.27. The number of rotatable bonds is 3. The van der Waals surface area contributed by atoms with Crippen LogP contribution in [0.5, 0.6) is 11.5 Å². The van der Waals surface area contributed by atoms with Crippen LogP contribution in [0.15, 0.2) is 18.2 Å². The van der Waals surface area contributed by atoms with Crippen molar-refractivity contribution in [3.05, 3.63) is 23.8 Å². The summed E-state index contributed by atoms with van der Waals surface area (Å²) >= 11 is 0. The van der Waals surface area contributed by atoms with Crippen molar-refractivity contribution in [3.8, 4) is 17.6 Å². The minimum Gasteiger partial charge on any atom is -0.454 e. The lowest BCUT2D eigenvalue weighted by Crippen LogP contribution is -2.25. The van der Waals surface area contributed by atoms with E-state index in [0.29, 0.717) is 0 Å². The van der Waals surface area contributed by atoms with Gasteiger partial charge in [-0.1, -0.05) is 6.07 Å². The minimum atomic E-state index is -0.234. The molecule has 0 radical (unpaired) electrons. The number of nitriles is 1. The first-order valence-electron chi connectivity index (χ1n) is 5.77. The summed E-state index contributed by atoms with van der Waals surface area (Å²) in [5.41, 5.74) is 0.860. The second-order valence-corrected chi connectivity index (χ2v) is 4.60. The highest BCUT2D eigenvalue weighted by atomic mass is 16.7. The quantitative estimate of drug-likeness (QED) is 0.862. The Bertz CT molecular complexity index is 489. The number of hydrogen-bond donors (Lipinski definition) is 1. The highest BCUT2D eigenvalue weighted by Crippen LogP contribution is 2.54. The fourth-order valence-electron chi connectivity index (χ4n) is 2.45. The zero-order chi connectivity index (χ0) is 11.9. The number of hydrogen-bond acceptors (Lipinski definition) is 4. The summed E-state index contributed by atoms with van der Waals surface area (Å²) in [5, 5.41) is 12.5. The normalized spacial score (nSPS) is 20.7. The first kappa shape index (κ1) is 10.4. The van der Waals surface area contributed by atoms with Crippen LogP contribution in [-0.4, -0.2) is 13.8 Å². The van der Waals surface area contributed by atoms with Crippen LogP contribution < -0.4 is 14.8 Å². The molecule has 88 valence electrons. The topological polar surface area (TPSA) is 54.3 Å². The van der Waals surface area contributed by atoms with Crippen LogP contribution in [0.4, 0.5) is 0 Å². The van der Waals surface area contributed by atoms with E-state index in [9.17, 15) is 5.26 Å². The molecule has 2 aliphatic rings. The van der Waals surface area contributed by atoms with Gasteiger partial charge in [0.25, 0.3) is 0 Å². The molecule has 0 amide bonds. The average Bonchev–Trinajstić information content (AvgIpc) is 3.00. The predicted molar refractivity (Wildman–Crippen MR) is 61.6 cm³/mol. The number of nitrogens with one attached hydrogen (secondary N) is 1. The Hall–Kier alpha value is -1.73. The van der Waals surface area contributed by atoms with Gasteiger partial charge in [-0.25, -0.2) is 0 Å². The van der Waals surface area contributed by atoms with E-state index in [4.69, 9.17) is 9.47 Å². The van der Waals surface area contributed by atoms with Crippen LogP contribution in [0.1, 0.15) is 24.4 Å². The Morgan fingerprint density at radius 3 is 2.76 bits per heavy atom. The standard InChI is InChI=1S/C13H14N2O2/c1-15-12(13(7-14)4-5-13)9-2-3-10-11(6-9)17-8-16-10/h2-3,6,12,15H,4-5,8H2,1H3. The van der Waals surface area contributed by atoms with Gasteiger partial charge in [-0.3, -0.25) is 0 Å². The summed E-state index contributed by atoms with van der Waals surface area (Å²) in [7, 11) is 1.90. The molecule has 17 heavy (non-hydrogen) atoms. The Labute approximate surface area is 100 Å². The number of fused-ring (bicyclic) bond motifs is 1. The van der Waals surface area contributed by atoms with E-state index in [1.54, 1.807) is 0 Å². The summed E-state index contributed by atoms with van der Waals surface area (Å²) in [6.07, 6.45) is 1.92. The van der Waals surface area contributed by atoms with Crippen LogP contribution in [0.25, 0.3) is 0 Å². The number of ether oxygens (including phenoxy) is 2. The van der Waals surface area contributed by atoms with Gasteiger partial charge in [-0.2, -0.15) is 5.26 Å². The monoisotopic (exact) mass is 230 g/mol. The predicted octanol–water partition coefficient (Wildman–Crippen LogP) is 1.98. The van der Waals surface area contributed by atoms with Crippen molar-refractivity contribution in [1.82, 2.24) is 5.32 Å². The van der Waals surface area contributed by atoms with Crippen molar-refractivity contribution in [2.45, 2.75) is 18.9 Å². The van der Waals surface area contributed by atoms with Crippen molar-refractivity contribution < 1.29 is 9.47 Å². The molecule has 1 N–H and O–H groups in total. The number of nitrogens with zero attached hydrogens (tertiary/aromatic N) is 1. The van der Waals surface area contributed by atoms with Gasteiger partial charge in [0.15, 0.2) is 11.5 Å². The molecule has 1 saturated carbocycles. The van der Waals surface area contributed by atoms with Gasteiger partial charge in [-0.05, 0) is 37.6 Å². The first-order chi connectivity index (χ1) is 8.29. The van der Waals surface area contributed by atoms with Gasteiger partial charge >= 0.3 is 0 Å². The molecule has 1 aliphatic carbocycles. The van der Waals surface area contributed by atoms with Crippen LogP contribution in [0, 0.1) is 16.7 Å². The molecule has 4 heteroatoms. The lowest BCUT2D eigenvalue weighted by molar-refractivity contribution is 0.174. The third-order valence-corrected chi connectivity index (χ3v) is 3.58.